The minimum absolute atomic E-state index is 0.101. The Morgan fingerprint density at radius 3 is 2.20 bits per heavy atom. The van der Waals surface area contributed by atoms with Crippen molar-refractivity contribution < 1.29 is 0 Å². The fourth-order valence-electron chi connectivity index (χ4n) is 1.06. The van der Waals surface area contributed by atoms with Crippen molar-refractivity contribution in [1.82, 2.24) is 0 Å². The van der Waals surface area contributed by atoms with Crippen LogP contribution in [0.1, 0.15) is 18.1 Å². The van der Waals surface area contributed by atoms with Gasteiger partial charge in [0.2, 0.25) is 0 Å². The second-order valence-corrected chi connectivity index (χ2v) is 2.78. The van der Waals surface area contributed by atoms with E-state index in [2.05, 4.69) is 11.8 Å². The molecule has 0 saturated heterocycles. The zero-order chi connectivity index (χ0) is 11.1. The molecule has 0 aliphatic rings. The van der Waals surface area contributed by atoms with Gasteiger partial charge in [0, 0.05) is 5.56 Å². The number of rotatable bonds is 1. The summed E-state index contributed by atoms with van der Waals surface area (Å²) in [5.74, 6) is 5.71. The molecule has 2 nitrogen and oxygen atoms in total. The standard InChI is InChI=1S/C13H8N2/c1-2-3-11-4-6-12(7-5-11)8-13(9-14)10-15/h4-8H,1H3. The van der Waals surface area contributed by atoms with Crippen LogP contribution in [-0.4, -0.2) is 0 Å². The fraction of sp³-hybridized carbons (Fsp3) is 0.0769. The quantitative estimate of drug-likeness (QED) is 0.507. The minimum atomic E-state index is 0.101. The van der Waals surface area contributed by atoms with Crippen LogP contribution in [0.4, 0.5) is 0 Å². The summed E-state index contributed by atoms with van der Waals surface area (Å²) < 4.78 is 0. The lowest BCUT2D eigenvalue weighted by molar-refractivity contribution is 1.47. The average Bonchev–Trinajstić information content (AvgIpc) is 2.28. The third-order valence-electron chi connectivity index (χ3n) is 1.73. The predicted octanol–water partition coefficient (Wildman–Crippen LogP) is 2.49. The molecule has 15 heavy (non-hydrogen) atoms. The Kier molecular flexibility index (Phi) is 3.72. The molecule has 1 aromatic rings. The molecule has 0 aromatic heterocycles. The first-order valence-electron chi connectivity index (χ1n) is 4.35. The first kappa shape index (κ1) is 10.6. The van der Waals surface area contributed by atoms with Crippen LogP contribution >= 0.6 is 0 Å². The van der Waals surface area contributed by atoms with Gasteiger partial charge in [-0.05, 0) is 30.7 Å². The maximum atomic E-state index is 8.56. The Labute approximate surface area is 89.1 Å². The van der Waals surface area contributed by atoms with Crippen LogP contribution in [0, 0.1) is 34.5 Å². The highest BCUT2D eigenvalue weighted by Crippen LogP contribution is 2.07. The first-order valence-corrected chi connectivity index (χ1v) is 4.35. The van der Waals surface area contributed by atoms with Gasteiger partial charge in [-0.1, -0.05) is 18.1 Å². The van der Waals surface area contributed by atoms with E-state index in [9.17, 15) is 0 Å². The number of nitrogens with zero attached hydrogens (tertiary/aromatic N) is 2. The Morgan fingerprint density at radius 1 is 1.13 bits per heavy atom. The smallest absolute Gasteiger partial charge is 0.130 e. The highest BCUT2D eigenvalue weighted by Gasteiger charge is 1.93. The summed E-state index contributed by atoms with van der Waals surface area (Å²) in [5.41, 5.74) is 1.85. The zero-order valence-electron chi connectivity index (χ0n) is 8.28. The van der Waals surface area contributed by atoms with E-state index in [1.54, 1.807) is 13.0 Å². The molecular formula is C13H8N2. The lowest BCUT2D eigenvalue weighted by atomic mass is 10.1. The van der Waals surface area contributed by atoms with Gasteiger partial charge in [0.15, 0.2) is 0 Å². The van der Waals surface area contributed by atoms with Crippen LogP contribution in [-0.2, 0) is 0 Å². The number of hydrogen-bond donors (Lipinski definition) is 0. The maximum absolute atomic E-state index is 8.56. The predicted molar refractivity (Wildman–Crippen MR) is 58.2 cm³/mol. The van der Waals surface area contributed by atoms with Crippen LogP contribution in [0.15, 0.2) is 29.8 Å². The van der Waals surface area contributed by atoms with Crippen molar-refractivity contribution in [3.63, 3.8) is 0 Å². The molecule has 1 rings (SSSR count). The van der Waals surface area contributed by atoms with E-state index in [-0.39, 0.29) is 5.57 Å². The molecule has 0 amide bonds. The fourth-order valence-corrected chi connectivity index (χ4v) is 1.06. The van der Waals surface area contributed by atoms with Crippen LogP contribution < -0.4 is 0 Å². The molecule has 0 heterocycles. The Morgan fingerprint density at radius 2 is 1.73 bits per heavy atom. The Bertz CT molecular complexity index is 495. The molecule has 0 N–H and O–H groups in total. The summed E-state index contributed by atoms with van der Waals surface area (Å²) in [6.07, 6.45) is 1.54. The van der Waals surface area contributed by atoms with Gasteiger partial charge in [0.25, 0.3) is 0 Å². The van der Waals surface area contributed by atoms with Gasteiger partial charge in [-0.3, -0.25) is 0 Å². The Balaban J connectivity index is 3.00. The van der Waals surface area contributed by atoms with Crippen molar-refractivity contribution in [2.75, 3.05) is 0 Å². The molecule has 0 saturated carbocycles. The minimum Gasteiger partial charge on any atom is -0.192 e. The SMILES string of the molecule is CC#Cc1ccc(C=C(C#N)C#N)cc1. The van der Waals surface area contributed by atoms with Crippen LogP contribution in [0.5, 0.6) is 0 Å². The molecule has 0 fully saturated rings. The van der Waals surface area contributed by atoms with E-state index < -0.39 is 0 Å². The molecule has 70 valence electrons. The topological polar surface area (TPSA) is 47.6 Å². The van der Waals surface area contributed by atoms with Gasteiger partial charge in [-0.2, -0.15) is 10.5 Å². The van der Waals surface area contributed by atoms with E-state index in [4.69, 9.17) is 10.5 Å². The van der Waals surface area contributed by atoms with Gasteiger partial charge in [-0.25, -0.2) is 0 Å². The lowest BCUT2D eigenvalue weighted by Gasteiger charge is -1.93. The second-order valence-electron chi connectivity index (χ2n) is 2.78. The molecule has 2 heteroatoms. The number of hydrogen-bond acceptors (Lipinski definition) is 2. The van der Waals surface area contributed by atoms with E-state index in [0.717, 1.165) is 11.1 Å². The monoisotopic (exact) mass is 192 g/mol. The number of benzene rings is 1. The van der Waals surface area contributed by atoms with E-state index in [1.807, 2.05) is 36.4 Å². The van der Waals surface area contributed by atoms with Crippen molar-refractivity contribution in [1.29, 1.82) is 10.5 Å². The molecule has 0 atom stereocenters. The normalized spacial score (nSPS) is 7.67. The van der Waals surface area contributed by atoms with Gasteiger partial charge >= 0.3 is 0 Å². The first-order chi connectivity index (χ1) is 7.30. The average molecular weight is 192 g/mol. The van der Waals surface area contributed by atoms with Crippen LogP contribution in [0.2, 0.25) is 0 Å². The second kappa shape index (κ2) is 5.28. The summed E-state index contributed by atoms with van der Waals surface area (Å²) in [6.45, 7) is 1.78. The molecule has 0 unspecified atom stereocenters. The number of allylic oxidation sites excluding steroid dienone is 1. The third-order valence-corrected chi connectivity index (χ3v) is 1.73. The van der Waals surface area contributed by atoms with Crippen molar-refractivity contribution >= 4 is 6.08 Å². The zero-order valence-corrected chi connectivity index (χ0v) is 8.28. The molecule has 1 aromatic carbocycles. The van der Waals surface area contributed by atoms with Gasteiger partial charge in [-0.15, -0.1) is 5.92 Å². The van der Waals surface area contributed by atoms with Gasteiger partial charge in [0.1, 0.15) is 17.7 Å². The summed E-state index contributed by atoms with van der Waals surface area (Å²) in [7, 11) is 0. The van der Waals surface area contributed by atoms with Crippen molar-refractivity contribution in [3.05, 3.63) is 41.0 Å². The summed E-state index contributed by atoms with van der Waals surface area (Å²) in [4.78, 5) is 0. The Hall–Kier alpha value is -2.50. The van der Waals surface area contributed by atoms with Crippen LogP contribution in [0.25, 0.3) is 6.08 Å². The van der Waals surface area contributed by atoms with Crippen LogP contribution in [0.3, 0.4) is 0 Å². The van der Waals surface area contributed by atoms with E-state index in [1.165, 1.54) is 0 Å². The largest absolute Gasteiger partial charge is 0.192 e. The van der Waals surface area contributed by atoms with Gasteiger partial charge < -0.3 is 0 Å². The maximum Gasteiger partial charge on any atom is 0.130 e. The molecule has 0 aliphatic carbocycles. The molecular weight excluding hydrogens is 184 g/mol. The molecule has 0 spiro atoms. The molecule has 0 bridgehead atoms. The highest BCUT2D eigenvalue weighted by molar-refractivity contribution is 5.62. The summed E-state index contributed by atoms with van der Waals surface area (Å²) in [6, 6.07) is 11.0. The van der Waals surface area contributed by atoms with Crippen molar-refractivity contribution in [3.8, 4) is 24.0 Å². The van der Waals surface area contributed by atoms with Gasteiger partial charge in [0.05, 0.1) is 0 Å². The van der Waals surface area contributed by atoms with Crippen molar-refractivity contribution in [2.24, 2.45) is 0 Å². The van der Waals surface area contributed by atoms with Crippen molar-refractivity contribution in [2.45, 2.75) is 6.92 Å². The third kappa shape index (κ3) is 3.03. The summed E-state index contributed by atoms with van der Waals surface area (Å²) in [5, 5.41) is 17.1. The lowest BCUT2D eigenvalue weighted by Crippen LogP contribution is -1.77. The molecule has 0 radical (unpaired) electrons. The molecule has 0 aliphatic heterocycles. The highest BCUT2D eigenvalue weighted by atomic mass is 14.3. The van der Waals surface area contributed by atoms with E-state index in [0.29, 0.717) is 0 Å². The van der Waals surface area contributed by atoms with E-state index >= 15 is 0 Å². The number of nitriles is 2. The summed E-state index contributed by atoms with van der Waals surface area (Å²) >= 11 is 0.